The molecule has 14 heteroatoms. The maximum atomic E-state index is 13.4. The number of rotatable bonds is 9. The number of carbonyl (C=O) groups excluding carboxylic acids is 5. The summed E-state index contributed by atoms with van der Waals surface area (Å²) in [7, 11) is 0. The third-order valence-corrected chi connectivity index (χ3v) is 12.4. The second-order valence-corrected chi connectivity index (χ2v) is 16.2. The molecule has 4 aliphatic heterocycles. The minimum atomic E-state index is -0.975. The molecule has 1 atom stereocenters. The van der Waals surface area contributed by atoms with Gasteiger partial charge in [-0.05, 0) is 105 Å². The van der Waals surface area contributed by atoms with Crippen molar-refractivity contribution >= 4 is 52.5 Å². The molecule has 0 radical (unpaired) electrons. The average molecular weight is 792 g/mol. The van der Waals surface area contributed by atoms with Crippen molar-refractivity contribution < 1.29 is 28.7 Å². The lowest BCUT2D eigenvalue weighted by molar-refractivity contribution is -0.136. The van der Waals surface area contributed by atoms with Crippen molar-refractivity contribution in [2.24, 2.45) is 5.92 Å². The number of imide groups is 2. The van der Waals surface area contributed by atoms with Crippen LogP contribution in [0.1, 0.15) is 88.0 Å². The van der Waals surface area contributed by atoms with Crippen LogP contribution in [0.2, 0.25) is 5.02 Å². The molecule has 8 rings (SSSR count). The first-order valence-corrected chi connectivity index (χ1v) is 20.4. The highest BCUT2D eigenvalue weighted by molar-refractivity contribution is 6.31. The van der Waals surface area contributed by atoms with Crippen molar-refractivity contribution in [1.29, 1.82) is 5.26 Å². The first-order chi connectivity index (χ1) is 27.6. The summed E-state index contributed by atoms with van der Waals surface area (Å²) >= 11 is 6.17. The summed E-state index contributed by atoms with van der Waals surface area (Å²) in [6, 6.07) is 19.7. The fourth-order valence-electron chi connectivity index (χ4n) is 8.83. The number of anilines is 2. The van der Waals surface area contributed by atoms with E-state index in [1.54, 1.807) is 30.3 Å². The van der Waals surface area contributed by atoms with Crippen molar-refractivity contribution in [2.45, 2.75) is 69.6 Å². The van der Waals surface area contributed by atoms with E-state index in [9.17, 15) is 24.0 Å². The van der Waals surface area contributed by atoms with Crippen molar-refractivity contribution in [3.05, 3.63) is 87.9 Å². The molecule has 296 valence electrons. The van der Waals surface area contributed by atoms with Crippen molar-refractivity contribution in [3.63, 3.8) is 0 Å². The Hall–Kier alpha value is -5.45. The summed E-state index contributed by atoms with van der Waals surface area (Å²) in [5.74, 6) is -0.714. The van der Waals surface area contributed by atoms with Gasteiger partial charge < -0.3 is 19.9 Å². The van der Waals surface area contributed by atoms with Crippen molar-refractivity contribution in [1.82, 2.24) is 20.0 Å². The van der Waals surface area contributed by atoms with Crippen molar-refractivity contribution in [2.75, 3.05) is 56.0 Å². The Balaban J connectivity index is 0.752. The van der Waals surface area contributed by atoms with Gasteiger partial charge in [0.15, 0.2) is 0 Å². The zero-order valence-electron chi connectivity index (χ0n) is 31.8. The molecule has 3 saturated heterocycles. The standard InChI is InChI=1S/C43H46ClN7O6/c44-37-24-34(9-3-29(37)25-45)57-33-10-6-31(7-11-33)46-30-4-1-28(2-5-30)41(54)50-21-19-48(20-22-50)26-27-15-17-49(18-16-27)32-8-12-35-36(23-32)43(56)51(42(35)55)38-13-14-39(52)47-40(38)53/h1-5,8-9,12,23-24,27,31,33,38,46H,6-7,10-11,13-22,26H2,(H,47,52,53)/t31-,33-,38?. The van der Waals surface area contributed by atoms with Gasteiger partial charge in [0.2, 0.25) is 11.8 Å². The molecule has 1 aliphatic carbocycles. The number of fused-ring (bicyclic) bond motifs is 1. The highest BCUT2D eigenvalue weighted by atomic mass is 35.5. The third-order valence-electron chi connectivity index (χ3n) is 12.1. The number of halogens is 1. The molecule has 5 amide bonds. The maximum absolute atomic E-state index is 13.4. The number of nitriles is 1. The Morgan fingerprint density at radius 2 is 1.54 bits per heavy atom. The maximum Gasteiger partial charge on any atom is 0.262 e. The van der Waals surface area contributed by atoms with Gasteiger partial charge in [-0.1, -0.05) is 11.6 Å². The summed E-state index contributed by atoms with van der Waals surface area (Å²) in [5, 5.41) is 15.4. The van der Waals surface area contributed by atoms with Crippen LogP contribution in [0.25, 0.3) is 0 Å². The minimum absolute atomic E-state index is 0.0600. The van der Waals surface area contributed by atoms with Gasteiger partial charge in [-0.3, -0.25) is 39.1 Å². The Kier molecular flexibility index (Phi) is 11.2. The molecule has 0 aromatic heterocycles. The van der Waals surface area contributed by atoms with Gasteiger partial charge in [0.25, 0.3) is 17.7 Å². The van der Waals surface area contributed by atoms with Gasteiger partial charge in [0.05, 0.1) is 27.8 Å². The van der Waals surface area contributed by atoms with E-state index in [-0.39, 0.29) is 24.9 Å². The average Bonchev–Trinajstić information content (AvgIpc) is 3.47. The topological polar surface area (TPSA) is 155 Å². The van der Waals surface area contributed by atoms with E-state index in [2.05, 4.69) is 26.5 Å². The van der Waals surface area contributed by atoms with Crippen LogP contribution in [0.4, 0.5) is 11.4 Å². The van der Waals surface area contributed by atoms with E-state index in [0.29, 0.717) is 58.1 Å². The van der Waals surface area contributed by atoms with Crippen LogP contribution in [-0.4, -0.2) is 108 Å². The van der Waals surface area contributed by atoms with Crippen LogP contribution in [0.3, 0.4) is 0 Å². The highest BCUT2D eigenvalue weighted by Crippen LogP contribution is 2.33. The van der Waals surface area contributed by atoms with Crippen LogP contribution in [0.15, 0.2) is 60.7 Å². The predicted molar refractivity (Wildman–Crippen MR) is 213 cm³/mol. The van der Waals surface area contributed by atoms with Gasteiger partial charge in [-0.15, -0.1) is 0 Å². The Bertz CT molecular complexity index is 2100. The smallest absolute Gasteiger partial charge is 0.262 e. The van der Waals surface area contributed by atoms with E-state index in [0.717, 1.165) is 87.5 Å². The quantitative estimate of drug-likeness (QED) is 0.280. The zero-order chi connectivity index (χ0) is 39.6. The number of nitrogens with zero attached hydrogens (tertiary/aromatic N) is 5. The molecule has 13 nitrogen and oxygen atoms in total. The van der Waals surface area contributed by atoms with Gasteiger partial charge in [0.1, 0.15) is 17.9 Å². The molecule has 5 aliphatic rings. The number of carbonyl (C=O) groups is 5. The number of hydrogen-bond donors (Lipinski definition) is 2. The monoisotopic (exact) mass is 791 g/mol. The Morgan fingerprint density at radius 1 is 0.825 bits per heavy atom. The van der Waals surface area contributed by atoms with Crippen LogP contribution in [0.5, 0.6) is 5.75 Å². The molecular formula is C43H46ClN7O6. The Labute approximate surface area is 336 Å². The van der Waals surface area contributed by atoms with Gasteiger partial charge >= 0.3 is 0 Å². The van der Waals surface area contributed by atoms with Gasteiger partial charge in [-0.2, -0.15) is 5.26 Å². The van der Waals surface area contributed by atoms with E-state index < -0.39 is 29.7 Å². The van der Waals surface area contributed by atoms with E-state index >= 15 is 0 Å². The number of ether oxygens (including phenoxy) is 1. The number of hydrogen-bond acceptors (Lipinski definition) is 10. The molecule has 1 saturated carbocycles. The molecule has 4 heterocycles. The summed E-state index contributed by atoms with van der Waals surface area (Å²) in [4.78, 5) is 71.5. The Morgan fingerprint density at radius 3 is 2.23 bits per heavy atom. The van der Waals surface area contributed by atoms with Gasteiger partial charge in [-0.25, -0.2) is 0 Å². The second-order valence-electron chi connectivity index (χ2n) is 15.8. The zero-order valence-corrected chi connectivity index (χ0v) is 32.5. The molecule has 57 heavy (non-hydrogen) atoms. The van der Waals surface area contributed by atoms with Crippen molar-refractivity contribution in [3.8, 4) is 11.8 Å². The van der Waals surface area contributed by atoms with Gasteiger partial charge in [0, 0.05) is 81.3 Å². The normalized spacial score (nSPS) is 23.2. The molecule has 1 unspecified atom stereocenters. The molecule has 4 fully saturated rings. The van der Waals surface area contributed by atoms with E-state index in [1.807, 2.05) is 35.2 Å². The fraction of sp³-hybridized carbons (Fsp3) is 0.442. The number of amides is 5. The molecule has 2 N–H and O–H groups in total. The predicted octanol–water partition coefficient (Wildman–Crippen LogP) is 5.09. The lowest BCUT2D eigenvalue weighted by Crippen LogP contribution is -2.54. The SMILES string of the molecule is N#Cc1ccc(O[C@H]2CC[C@H](Nc3ccc(C(=O)N4CCN(CC5CCN(c6ccc7c(c6)C(=O)N(C6CCC(=O)NC6=O)C7=O)CC5)CC4)cc3)CC2)cc1Cl. The van der Waals surface area contributed by atoms with Crippen LogP contribution >= 0.6 is 11.6 Å². The van der Waals surface area contributed by atoms with Crippen LogP contribution in [0, 0.1) is 17.2 Å². The summed E-state index contributed by atoms with van der Waals surface area (Å²) < 4.78 is 6.13. The molecule has 0 bridgehead atoms. The van der Waals surface area contributed by atoms with E-state index in [4.69, 9.17) is 21.6 Å². The third kappa shape index (κ3) is 8.34. The second kappa shape index (κ2) is 16.6. The molecule has 3 aromatic carbocycles. The van der Waals surface area contributed by atoms with E-state index in [1.165, 1.54) is 0 Å². The number of piperidine rings is 2. The number of benzene rings is 3. The lowest BCUT2D eigenvalue weighted by Gasteiger charge is -2.39. The summed E-state index contributed by atoms with van der Waals surface area (Å²) in [5.41, 5.74) is 3.62. The van der Waals surface area contributed by atoms with Crippen LogP contribution < -0.4 is 20.3 Å². The number of nitrogens with one attached hydrogen (secondary N) is 2. The number of piperazine rings is 1. The highest BCUT2D eigenvalue weighted by Gasteiger charge is 2.45. The summed E-state index contributed by atoms with van der Waals surface area (Å²) in [6.45, 7) is 5.69. The fourth-order valence-corrected chi connectivity index (χ4v) is 9.05. The largest absolute Gasteiger partial charge is 0.490 e. The first kappa shape index (κ1) is 38.4. The molecular weight excluding hydrogens is 746 g/mol. The summed E-state index contributed by atoms with van der Waals surface area (Å²) in [6.07, 6.45) is 6.08. The molecule has 0 spiro atoms. The minimum Gasteiger partial charge on any atom is -0.490 e. The lowest BCUT2D eigenvalue weighted by atomic mass is 9.92. The first-order valence-electron chi connectivity index (χ1n) is 20.0. The molecule has 3 aromatic rings. The van der Waals surface area contributed by atoms with Crippen LogP contribution in [-0.2, 0) is 9.59 Å².